The molecule has 0 saturated heterocycles. The summed E-state index contributed by atoms with van der Waals surface area (Å²) in [6.07, 6.45) is -0.0615. The standard InChI is InChI=1S/C18H26N2O5/c1-18(2,3)25-17(24)20-14(12-13-8-5-4-6-9-13)16(23)19-11-7-10-15(21)22/h4-6,8-9,14H,7,10-12H2,1-3H3,(H,19,23)(H,20,24)(H,21,22)/t14-/m0/s1. The van der Waals surface area contributed by atoms with Crippen molar-refractivity contribution < 1.29 is 24.2 Å². The first-order valence-corrected chi connectivity index (χ1v) is 8.20. The number of carbonyl (C=O) groups excluding carboxylic acids is 2. The molecule has 0 bridgehead atoms. The molecule has 1 rings (SSSR count). The molecule has 0 radical (unpaired) electrons. The van der Waals surface area contributed by atoms with Crippen LogP contribution in [0, 0.1) is 0 Å². The average Bonchev–Trinajstić information content (AvgIpc) is 2.49. The van der Waals surface area contributed by atoms with Crippen LogP contribution in [0.15, 0.2) is 30.3 Å². The predicted octanol–water partition coefficient (Wildman–Crippen LogP) is 2.10. The third-order valence-corrected chi connectivity index (χ3v) is 3.16. The highest BCUT2D eigenvalue weighted by Crippen LogP contribution is 2.08. The summed E-state index contributed by atoms with van der Waals surface area (Å²) in [5.41, 5.74) is 0.226. The van der Waals surface area contributed by atoms with Gasteiger partial charge in [0.2, 0.25) is 5.91 Å². The molecular weight excluding hydrogens is 324 g/mol. The zero-order chi connectivity index (χ0) is 18.9. The van der Waals surface area contributed by atoms with Crippen LogP contribution in [0.4, 0.5) is 4.79 Å². The number of carboxylic acids is 1. The fraction of sp³-hybridized carbons (Fsp3) is 0.500. The van der Waals surface area contributed by atoms with Crippen molar-refractivity contribution in [3.63, 3.8) is 0 Å². The monoisotopic (exact) mass is 350 g/mol. The summed E-state index contributed by atoms with van der Waals surface area (Å²) in [5, 5.41) is 13.9. The van der Waals surface area contributed by atoms with Crippen LogP contribution in [0.2, 0.25) is 0 Å². The fourth-order valence-electron chi connectivity index (χ4n) is 2.08. The molecule has 3 N–H and O–H groups in total. The van der Waals surface area contributed by atoms with Crippen molar-refractivity contribution in [3.8, 4) is 0 Å². The molecule has 2 amide bonds. The van der Waals surface area contributed by atoms with Crippen molar-refractivity contribution >= 4 is 18.0 Å². The van der Waals surface area contributed by atoms with E-state index in [1.165, 1.54) is 0 Å². The lowest BCUT2D eigenvalue weighted by molar-refractivity contribution is -0.137. The summed E-state index contributed by atoms with van der Waals surface area (Å²) in [5.74, 6) is -1.29. The Labute approximate surface area is 147 Å². The van der Waals surface area contributed by atoms with E-state index in [0.29, 0.717) is 12.8 Å². The molecule has 0 aromatic heterocycles. The van der Waals surface area contributed by atoms with Crippen LogP contribution in [-0.2, 0) is 20.7 Å². The summed E-state index contributed by atoms with van der Waals surface area (Å²) in [7, 11) is 0. The largest absolute Gasteiger partial charge is 0.481 e. The number of alkyl carbamates (subject to hydrolysis) is 1. The van der Waals surface area contributed by atoms with Crippen molar-refractivity contribution in [1.29, 1.82) is 0 Å². The van der Waals surface area contributed by atoms with E-state index in [9.17, 15) is 14.4 Å². The van der Waals surface area contributed by atoms with Crippen LogP contribution in [0.1, 0.15) is 39.2 Å². The van der Waals surface area contributed by atoms with E-state index in [1.54, 1.807) is 20.8 Å². The third-order valence-electron chi connectivity index (χ3n) is 3.16. The van der Waals surface area contributed by atoms with Crippen LogP contribution in [0.3, 0.4) is 0 Å². The maximum atomic E-state index is 12.4. The Hall–Kier alpha value is -2.57. The first-order chi connectivity index (χ1) is 11.7. The molecule has 0 aliphatic rings. The van der Waals surface area contributed by atoms with E-state index in [4.69, 9.17) is 9.84 Å². The molecule has 1 aromatic carbocycles. The van der Waals surface area contributed by atoms with Gasteiger partial charge in [-0.25, -0.2) is 4.79 Å². The molecule has 7 nitrogen and oxygen atoms in total. The van der Waals surface area contributed by atoms with Crippen molar-refractivity contribution in [3.05, 3.63) is 35.9 Å². The van der Waals surface area contributed by atoms with Gasteiger partial charge in [-0.15, -0.1) is 0 Å². The Balaban J connectivity index is 2.68. The number of benzene rings is 1. The van der Waals surface area contributed by atoms with Gasteiger partial charge in [0.15, 0.2) is 0 Å². The molecule has 0 heterocycles. The van der Waals surface area contributed by atoms with Gasteiger partial charge in [0.25, 0.3) is 0 Å². The SMILES string of the molecule is CC(C)(C)OC(=O)N[C@@H](Cc1ccccc1)C(=O)NCCCC(=O)O. The van der Waals surface area contributed by atoms with Gasteiger partial charge in [-0.1, -0.05) is 30.3 Å². The van der Waals surface area contributed by atoms with Gasteiger partial charge in [0, 0.05) is 19.4 Å². The van der Waals surface area contributed by atoms with Crippen molar-refractivity contribution in [2.24, 2.45) is 0 Å². The van der Waals surface area contributed by atoms with Gasteiger partial charge in [0.05, 0.1) is 0 Å². The number of carboxylic acid groups (broad SMARTS) is 1. The highest BCUT2D eigenvalue weighted by atomic mass is 16.6. The molecule has 0 unspecified atom stereocenters. The topological polar surface area (TPSA) is 105 Å². The van der Waals surface area contributed by atoms with E-state index < -0.39 is 23.7 Å². The van der Waals surface area contributed by atoms with Gasteiger partial charge in [-0.3, -0.25) is 9.59 Å². The summed E-state index contributed by atoms with van der Waals surface area (Å²) < 4.78 is 5.21. The zero-order valence-electron chi connectivity index (χ0n) is 14.9. The number of aliphatic carboxylic acids is 1. The van der Waals surface area contributed by atoms with Gasteiger partial charge in [0.1, 0.15) is 11.6 Å². The Morgan fingerprint density at radius 3 is 2.36 bits per heavy atom. The lowest BCUT2D eigenvalue weighted by Gasteiger charge is -2.23. The van der Waals surface area contributed by atoms with E-state index in [-0.39, 0.29) is 18.9 Å². The van der Waals surface area contributed by atoms with Crippen LogP contribution >= 0.6 is 0 Å². The van der Waals surface area contributed by atoms with Gasteiger partial charge < -0.3 is 20.5 Å². The molecule has 0 fully saturated rings. The summed E-state index contributed by atoms with van der Waals surface area (Å²) in [6.45, 7) is 5.45. The Bertz CT molecular complexity index is 581. The quantitative estimate of drug-likeness (QED) is 0.623. The average molecular weight is 350 g/mol. The Morgan fingerprint density at radius 1 is 1.16 bits per heavy atom. The minimum absolute atomic E-state index is 0.0247. The maximum absolute atomic E-state index is 12.4. The van der Waals surface area contributed by atoms with Crippen molar-refractivity contribution in [1.82, 2.24) is 10.6 Å². The Kier molecular flexibility index (Phi) is 7.91. The molecule has 1 atom stereocenters. The van der Waals surface area contributed by atoms with Gasteiger partial charge in [-0.05, 0) is 32.8 Å². The number of hydrogen-bond donors (Lipinski definition) is 3. The lowest BCUT2D eigenvalue weighted by Crippen LogP contribution is -2.49. The second-order valence-electron chi connectivity index (χ2n) is 6.68. The van der Waals surface area contributed by atoms with Crippen molar-refractivity contribution in [2.45, 2.75) is 51.7 Å². The van der Waals surface area contributed by atoms with E-state index in [2.05, 4.69) is 10.6 Å². The first kappa shape index (κ1) is 20.5. The molecule has 7 heteroatoms. The molecular formula is C18H26N2O5. The Morgan fingerprint density at radius 2 is 1.80 bits per heavy atom. The first-order valence-electron chi connectivity index (χ1n) is 8.20. The molecule has 0 aliphatic heterocycles. The van der Waals surface area contributed by atoms with Gasteiger partial charge in [-0.2, -0.15) is 0 Å². The van der Waals surface area contributed by atoms with Crippen LogP contribution in [0.5, 0.6) is 0 Å². The molecule has 0 spiro atoms. The summed E-state index contributed by atoms with van der Waals surface area (Å²) >= 11 is 0. The van der Waals surface area contributed by atoms with E-state index >= 15 is 0 Å². The summed E-state index contributed by atoms with van der Waals surface area (Å²) in [6, 6.07) is 8.49. The molecule has 0 saturated carbocycles. The lowest BCUT2D eigenvalue weighted by atomic mass is 10.1. The number of rotatable bonds is 8. The number of amides is 2. The molecule has 0 aliphatic carbocycles. The highest BCUT2D eigenvalue weighted by Gasteiger charge is 2.24. The smallest absolute Gasteiger partial charge is 0.408 e. The zero-order valence-corrected chi connectivity index (χ0v) is 14.9. The fourth-order valence-corrected chi connectivity index (χ4v) is 2.08. The number of ether oxygens (including phenoxy) is 1. The predicted molar refractivity (Wildman–Crippen MR) is 93.2 cm³/mol. The number of nitrogens with one attached hydrogen (secondary N) is 2. The molecule has 1 aromatic rings. The van der Waals surface area contributed by atoms with E-state index in [0.717, 1.165) is 5.56 Å². The van der Waals surface area contributed by atoms with Crippen LogP contribution in [-0.4, -0.2) is 41.3 Å². The second-order valence-corrected chi connectivity index (χ2v) is 6.68. The van der Waals surface area contributed by atoms with Gasteiger partial charge >= 0.3 is 12.1 Å². The molecule has 138 valence electrons. The highest BCUT2D eigenvalue weighted by molar-refractivity contribution is 5.86. The van der Waals surface area contributed by atoms with E-state index in [1.807, 2.05) is 30.3 Å². The second kappa shape index (κ2) is 9.66. The number of carbonyl (C=O) groups is 3. The summed E-state index contributed by atoms with van der Waals surface area (Å²) in [4.78, 5) is 34.9. The minimum atomic E-state index is -0.915. The van der Waals surface area contributed by atoms with Crippen LogP contribution < -0.4 is 10.6 Å². The normalized spacial score (nSPS) is 12.1. The third kappa shape index (κ3) is 9.34. The van der Waals surface area contributed by atoms with Crippen molar-refractivity contribution in [2.75, 3.05) is 6.54 Å². The maximum Gasteiger partial charge on any atom is 0.408 e. The van der Waals surface area contributed by atoms with Crippen LogP contribution in [0.25, 0.3) is 0 Å². The minimum Gasteiger partial charge on any atom is -0.481 e. The molecule has 25 heavy (non-hydrogen) atoms. The number of hydrogen-bond acceptors (Lipinski definition) is 4.